The van der Waals surface area contributed by atoms with Crippen LogP contribution in [0.3, 0.4) is 0 Å². The molecule has 27 heavy (non-hydrogen) atoms. The number of hydrogen-bond acceptors (Lipinski definition) is 7. The number of carbonyl (C=O) groups excluding carboxylic acids is 1. The van der Waals surface area contributed by atoms with Crippen molar-refractivity contribution < 1.29 is 27.6 Å². The van der Waals surface area contributed by atoms with Gasteiger partial charge in [0.1, 0.15) is 6.61 Å². The first-order chi connectivity index (χ1) is 12.8. The van der Waals surface area contributed by atoms with Gasteiger partial charge in [-0.2, -0.15) is 4.31 Å². The Kier molecular flexibility index (Phi) is 5.75. The van der Waals surface area contributed by atoms with Crippen molar-refractivity contribution in [1.82, 2.24) is 9.62 Å². The summed E-state index contributed by atoms with van der Waals surface area (Å²) in [6.45, 7) is 0.449. The van der Waals surface area contributed by atoms with Crippen molar-refractivity contribution in [1.29, 1.82) is 0 Å². The minimum absolute atomic E-state index is 0.0271. The van der Waals surface area contributed by atoms with E-state index in [-0.39, 0.29) is 42.2 Å². The third-order valence-electron chi connectivity index (χ3n) is 4.76. The summed E-state index contributed by atoms with van der Waals surface area (Å²) in [5.74, 6) is -0.238. The Balaban J connectivity index is 1.63. The molecule has 2 fully saturated rings. The highest BCUT2D eigenvalue weighted by Gasteiger charge is 2.51. The monoisotopic (exact) mass is 399 g/mol. The number of nitro groups is 1. The Morgan fingerprint density at radius 1 is 1.41 bits per heavy atom. The Morgan fingerprint density at radius 3 is 2.81 bits per heavy atom. The number of methoxy groups -OCH3 is 1. The van der Waals surface area contributed by atoms with Crippen molar-refractivity contribution in [3.8, 4) is 0 Å². The second kappa shape index (κ2) is 7.89. The van der Waals surface area contributed by atoms with E-state index in [1.807, 2.05) is 0 Å². The number of sulfonamides is 1. The minimum Gasteiger partial charge on any atom is -0.375 e. The van der Waals surface area contributed by atoms with E-state index < -0.39 is 20.6 Å². The van der Waals surface area contributed by atoms with Crippen LogP contribution in [0.15, 0.2) is 29.2 Å². The van der Waals surface area contributed by atoms with Crippen LogP contribution < -0.4 is 5.32 Å². The lowest BCUT2D eigenvalue weighted by Gasteiger charge is -2.50. The van der Waals surface area contributed by atoms with Gasteiger partial charge in [-0.05, 0) is 18.9 Å². The van der Waals surface area contributed by atoms with Gasteiger partial charge < -0.3 is 14.8 Å². The van der Waals surface area contributed by atoms with Crippen molar-refractivity contribution in [2.24, 2.45) is 0 Å². The lowest BCUT2D eigenvalue weighted by atomic mass is 9.92. The van der Waals surface area contributed by atoms with Crippen molar-refractivity contribution in [2.45, 2.75) is 36.0 Å². The number of nitrogens with zero attached hydrogens (tertiary/aromatic N) is 2. The maximum atomic E-state index is 12.9. The molecule has 0 unspecified atom stereocenters. The Morgan fingerprint density at radius 2 is 2.15 bits per heavy atom. The first-order valence-corrected chi connectivity index (χ1v) is 9.95. The van der Waals surface area contributed by atoms with Crippen molar-refractivity contribution in [2.75, 3.05) is 26.8 Å². The van der Waals surface area contributed by atoms with Gasteiger partial charge in [-0.15, -0.1) is 0 Å². The van der Waals surface area contributed by atoms with E-state index in [4.69, 9.17) is 9.47 Å². The number of amides is 1. The molecule has 1 aromatic carbocycles. The summed E-state index contributed by atoms with van der Waals surface area (Å²) in [6, 6.07) is 4.98. The fourth-order valence-corrected chi connectivity index (χ4v) is 5.26. The molecule has 0 aliphatic carbocycles. The quantitative estimate of drug-likeness (QED) is 0.515. The van der Waals surface area contributed by atoms with Gasteiger partial charge in [-0.1, -0.05) is 12.1 Å². The fraction of sp³-hybridized carbons (Fsp3) is 0.562. The Hall–Kier alpha value is -2.08. The number of nitrogens with one attached hydrogen (secondary N) is 1. The number of rotatable bonds is 7. The predicted octanol–water partition coefficient (Wildman–Crippen LogP) is 0.278. The van der Waals surface area contributed by atoms with Crippen LogP contribution in [0.4, 0.5) is 5.69 Å². The number of ether oxygens (including phenoxy) is 2. The van der Waals surface area contributed by atoms with Crippen LogP contribution in [0, 0.1) is 10.1 Å². The van der Waals surface area contributed by atoms with Gasteiger partial charge in [0, 0.05) is 26.3 Å². The van der Waals surface area contributed by atoms with Crippen LogP contribution in [0.25, 0.3) is 0 Å². The summed E-state index contributed by atoms with van der Waals surface area (Å²) in [5, 5.41) is 13.9. The molecular weight excluding hydrogens is 378 g/mol. The van der Waals surface area contributed by atoms with Crippen LogP contribution >= 0.6 is 0 Å². The van der Waals surface area contributed by atoms with Crippen LogP contribution in [-0.2, 0) is 24.3 Å². The maximum absolute atomic E-state index is 12.9. The predicted molar refractivity (Wildman–Crippen MR) is 93.6 cm³/mol. The van der Waals surface area contributed by atoms with Gasteiger partial charge in [0.05, 0.1) is 23.2 Å². The molecule has 0 bridgehead atoms. The SMILES string of the molecule is COCC(=O)NC[C@@H]1CC[C@@H]2[C@@H](CN2S(=O)(=O)c2ccccc2[N+](=O)[O-])O1. The zero-order valence-corrected chi connectivity index (χ0v) is 15.6. The number of para-hydroxylation sites is 1. The Labute approximate surface area is 156 Å². The molecular formula is C16H21N3O7S. The van der Waals surface area contributed by atoms with Crippen LogP contribution in [0.2, 0.25) is 0 Å². The highest BCUT2D eigenvalue weighted by atomic mass is 32.2. The number of fused-ring (bicyclic) bond motifs is 1. The lowest BCUT2D eigenvalue weighted by molar-refractivity contribution is -0.387. The zero-order chi connectivity index (χ0) is 19.6. The molecule has 148 valence electrons. The standard InChI is InChI=1S/C16H21N3O7S/c1-25-10-16(20)17-8-11-6-7-12-14(26-11)9-18(12)27(23,24)15-5-3-2-4-13(15)19(21)22/h2-5,11-12,14H,6-10H2,1H3,(H,17,20)/t11-,12+,14+/m0/s1. The molecule has 1 aromatic rings. The molecule has 2 aliphatic rings. The number of hydrogen-bond donors (Lipinski definition) is 1. The maximum Gasteiger partial charge on any atom is 0.289 e. The van der Waals surface area contributed by atoms with E-state index >= 15 is 0 Å². The van der Waals surface area contributed by atoms with Crippen LogP contribution in [-0.4, -0.2) is 68.6 Å². The first kappa shape index (κ1) is 19.7. The zero-order valence-electron chi connectivity index (χ0n) is 14.7. The topological polar surface area (TPSA) is 128 Å². The molecule has 2 heterocycles. The van der Waals surface area contributed by atoms with Crippen molar-refractivity contribution >= 4 is 21.6 Å². The van der Waals surface area contributed by atoms with Crippen LogP contribution in [0.1, 0.15) is 12.8 Å². The van der Waals surface area contributed by atoms with Crippen LogP contribution in [0.5, 0.6) is 0 Å². The van der Waals surface area contributed by atoms with E-state index in [1.165, 1.54) is 35.7 Å². The van der Waals surface area contributed by atoms with E-state index in [1.54, 1.807) is 0 Å². The van der Waals surface area contributed by atoms with E-state index in [0.29, 0.717) is 19.4 Å². The third-order valence-corrected chi connectivity index (χ3v) is 6.70. The van der Waals surface area contributed by atoms with E-state index in [9.17, 15) is 23.3 Å². The first-order valence-electron chi connectivity index (χ1n) is 8.51. The summed E-state index contributed by atoms with van der Waals surface area (Å²) in [5.41, 5.74) is -0.434. The van der Waals surface area contributed by atoms with E-state index in [0.717, 1.165) is 0 Å². The molecule has 0 saturated carbocycles. The third kappa shape index (κ3) is 3.95. The molecule has 3 rings (SSSR count). The summed E-state index contributed by atoms with van der Waals surface area (Å²) >= 11 is 0. The van der Waals surface area contributed by atoms with Gasteiger partial charge in [0.25, 0.3) is 5.69 Å². The average molecular weight is 399 g/mol. The second-order valence-electron chi connectivity index (χ2n) is 6.48. The van der Waals surface area contributed by atoms with Gasteiger partial charge >= 0.3 is 0 Å². The molecule has 3 atom stereocenters. The smallest absolute Gasteiger partial charge is 0.289 e. The van der Waals surface area contributed by atoms with Gasteiger partial charge in [-0.3, -0.25) is 14.9 Å². The van der Waals surface area contributed by atoms with Gasteiger partial charge in [-0.25, -0.2) is 8.42 Å². The number of carbonyl (C=O) groups is 1. The minimum atomic E-state index is -3.97. The second-order valence-corrected chi connectivity index (χ2v) is 8.34. The lowest BCUT2D eigenvalue weighted by Crippen LogP contribution is -2.66. The Bertz CT molecular complexity index is 829. The summed E-state index contributed by atoms with van der Waals surface area (Å²) < 4.78 is 37.6. The highest BCUT2D eigenvalue weighted by Crippen LogP contribution is 2.38. The van der Waals surface area contributed by atoms with Gasteiger partial charge in [0.2, 0.25) is 15.9 Å². The summed E-state index contributed by atoms with van der Waals surface area (Å²) in [4.78, 5) is 21.6. The summed E-state index contributed by atoms with van der Waals surface area (Å²) in [6.07, 6.45) is 0.677. The largest absolute Gasteiger partial charge is 0.375 e. The molecule has 0 spiro atoms. The molecule has 1 amide bonds. The normalized spacial score (nSPS) is 25.3. The molecule has 0 aromatic heterocycles. The number of nitro benzene ring substituents is 1. The van der Waals surface area contributed by atoms with Gasteiger partial charge in [0.15, 0.2) is 4.90 Å². The summed E-state index contributed by atoms with van der Waals surface area (Å²) in [7, 11) is -2.54. The highest BCUT2D eigenvalue weighted by molar-refractivity contribution is 7.89. The molecule has 0 radical (unpaired) electrons. The molecule has 2 aliphatic heterocycles. The van der Waals surface area contributed by atoms with Crippen molar-refractivity contribution in [3.05, 3.63) is 34.4 Å². The van der Waals surface area contributed by atoms with E-state index in [2.05, 4.69) is 5.32 Å². The molecule has 2 saturated heterocycles. The molecule has 11 heteroatoms. The number of benzene rings is 1. The van der Waals surface area contributed by atoms with Crippen molar-refractivity contribution in [3.63, 3.8) is 0 Å². The molecule has 10 nitrogen and oxygen atoms in total. The average Bonchev–Trinajstić information content (AvgIpc) is 2.61. The fourth-order valence-electron chi connectivity index (χ4n) is 3.41. The molecule has 1 N–H and O–H groups in total.